The molecule has 1 heterocycles. The molecule has 0 fully saturated rings. The summed E-state index contributed by atoms with van der Waals surface area (Å²) in [6.45, 7) is 2.17. The molecule has 3 rings (SSSR count). The van der Waals surface area contributed by atoms with Crippen molar-refractivity contribution in [1.29, 1.82) is 0 Å². The third kappa shape index (κ3) is 1.21. The predicted octanol–water partition coefficient (Wildman–Crippen LogP) is 3.38. The smallest absolute Gasteiger partial charge is 0.108 e. The first-order valence-corrected chi connectivity index (χ1v) is 5.51. The Hall–Kier alpha value is -1.89. The fourth-order valence-corrected chi connectivity index (χ4v) is 2.31. The second-order valence-electron chi connectivity index (χ2n) is 4.28. The Morgan fingerprint density at radius 3 is 2.38 bits per heavy atom. The highest BCUT2D eigenvalue weighted by atomic mass is 14.9. The zero-order valence-corrected chi connectivity index (χ0v) is 9.22. The van der Waals surface area contributed by atoms with Crippen molar-refractivity contribution in [1.82, 2.24) is 0 Å². The van der Waals surface area contributed by atoms with Gasteiger partial charge in [0.2, 0.25) is 0 Å². The van der Waals surface area contributed by atoms with Crippen molar-refractivity contribution in [3.8, 4) is 0 Å². The Kier molecular flexibility index (Phi) is 1.93. The van der Waals surface area contributed by atoms with Gasteiger partial charge in [0.1, 0.15) is 5.54 Å². The summed E-state index contributed by atoms with van der Waals surface area (Å²) < 4.78 is 0. The van der Waals surface area contributed by atoms with Crippen LogP contribution in [0.1, 0.15) is 23.6 Å². The van der Waals surface area contributed by atoms with Crippen molar-refractivity contribution in [3.63, 3.8) is 0 Å². The summed E-state index contributed by atoms with van der Waals surface area (Å²) in [6, 6.07) is 18.9. The topological polar surface area (TPSA) is 12.4 Å². The van der Waals surface area contributed by atoms with Crippen molar-refractivity contribution in [2.75, 3.05) is 0 Å². The van der Waals surface area contributed by atoms with Crippen LogP contribution < -0.4 is 0 Å². The van der Waals surface area contributed by atoms with Gasteiger partial charge in [-0.3, -0.25) is 4.99 Å². The van der Waals surface area contributed by atoms with Crippen LogP contribution in [-0.2, 0) is 5.54 Å². The second kappa shape index (κ2) is 3.31. The molecule has 1 heteroatoms. The Bertz CT molecular complexity index is 542. The van der Waals surface area contributed by atoms with Crippen LogP contribution in [0.3, 0.4) is 0 Å². The fraction of sp³-hybridized carbons (Fsp3) is 0.133. The minimum Gasteiger partial charge on any atom is -0.277 e. The molecule has 1 aliphatic rings. The zero-order valence-electron chi connectivity index (χ0n) is 9.22. The monoisotopic (exact) mass is 207 g/mol. The molecule has 2 aromatic carbocycles. The molecule has 0 N–H and O–H groups in total. The van der Waals surface area contributed by atoms with E-state index in [0.29, 0.717) is 0 Å². The van der Waals surface area contributed by atoms with Crippen molar-refractivity contribution >= 4 is 6.21 Å². The molecule has 1 atom stereocenters. The van der Waals surface area contributed by atoms with Gasteiger partial charge in [-0.2, -0.15) is 0 Å². The van der Waals surface area contributed by atoms with Crippen LogP contribution in [-0.4, -0.2) is 6.21 Å². The van der Waals surface area contributed by atoms with E-state index in [1.807, 2.05) is 12.3 Å². The Morgan fingerprint density at radius 1 is 0.875 bits per heavy atom. The molecule has 1 unspecified atom stereocenters. The fourth-order valence-electron chi connectivity index (χ4n) is 2.31. The van der Waals surface area contributed by atoms with Crippen LogP contribution in [0, 0.1) is 0 Å². The van der Waals surface area contributed by atoms with Crippen LogP contribution in [0.2, 0.25) is 0 Å². The molecule has 0 amide bonds. The Morgan fingerprint density at radius 2 is 1.56 bits per heavy atom. The summed E-state index contributed by atoms with van der Waals surface area (Å²) in [4.78, 5) is 4.68. The van der Waals surface area contributed by atoms with Crippen molar-refractivity contribution in [3.05, 3.63) is 71.3 Å². The van der Waals surface area contributed by atoms with Gasteiger partial charge in [-0.05, 0) is 23.6 Å². The minimum atomic E-state index is -0.210. The first-order chi connectivity index (χ1) is 7.81. The predicted molar refractivity (Wildman–Crippen MR) is 66.9 cm³/mol. The normalized spacial score (nSPS) is 22.1. The number of fused-ring (bicyclic) bond motifs is 1. The number of hydrogen-bond donors (Lipinski definition) is 0. The summed E-state index contributed by atoms with van der Waals surface area (Å²) in [6.07, 6.45) is 1.97. The van der Waals surface area contributed by atoms with E-state index in [2.05, 4.69) is 60.4 Å². The lowest BCUT2D eigenvalue weighted by molar-refractivity contribution is 0.623. The molecule has 1 aliphatic heterocycles. The first kappa shape index (κ1) is 9.34. The van der Waals surface area contributed by atoms with E-state index in [-0.39, 0.29) is 5.54 Å². The third-order valence-corrected chi connectivity index (χ3v) is 3.28. The molecule has 0 saturated carbocycles. The quantitative estimate of drug-likeness (QED) is 0.679. The molecular weight excluding hydrogens is 194 g/mol. The van der Waals surface area contributed by atoms with Crippen LogP contribution in [0.5, 0.6) is 0 Å². The van der Waals surface area contributed by atoms with Crippen molar-refractivity contribution in [2.45, 2.75) is 12.5 Å². The Balaban J connectivity index is 2.19. The van der Waals surface area contributed by atoms with Crippen LogP contribution >= 0.6 is 0 Å². The number of aliphatic imine (C=N–C) groups is 1. The number of hydrogen-bond acceptors (Lipinski definition) is 1. The molecule has 0 radical (unpaired) electrons. The number of benzene rings is 2. The van der Waals surface area contributed by atoms with Gasteiger partial charge in [0.25, 0.3) is 0 Å². The molecule has 1 nitrogen and oxygen atoms in total. The number of rotatable bonds is 1. The summed E-state index contributed by atoms with van der Waals surface area (Å²) in [5.74, 6) is 0. The average Bonchev–Trinajstić information content (AvgIpc) is 2.71. The molecule has 0 bridgehead atoms. The van der Waals surface area contributed by atoms with Gasteiger partial charge in [0, 0.05) is 6.21 Å². The summed E-state index contributed by atoms with van der Waals surface area (Å²) in [5.41, 5.74) is 3.56. The van der Waals surface area contributed by atoms with Gasteiger partial charge in [0.15, 0.2) is 0 Å². The van der Waals surface area contributed by atoms with Crippen LogP contribution in [0.4, 0.5) is 0 Å². The van der Waals surface area contributed by atoms with Crippen molar-refractivity contribution in [2.24, 2.45) is 4.99 Å². The maximum absolute atomic E-state index is 4.68. The molecular formula is C15H13N. The van der Waals surface area contributed by atoms with Crippen molar-refractivity contribution < 1.29 is 0 Å². The van der Waals surface area contributed by atoms with Gasteiger partial charge in [-0.15, -0.1) is 0 Å². The third-order valence-electron chi connectivity index (χ3n) is 3.28. The van der Waals surface area contributed by atoms with E-state index in [4.69, 9.17) is 0 Å². The van der Waals surface area contributed by atoms with E-state index in [0.717, 1.165) is 0 Å². The van der Waals surface area contributed by atoms with Gasteiger partial charge >= 0.3 is 0 Å². The molecule has 16 heavy (non-hydrogen) atoms. The summed E-state index contributed by atoms with van der Waals surface area (Å²) in [7, 11) is 0. The van der Waals surface area contributed by atoms with E-state index in [9.17, 15) is 0 Å². The van der Waals surface area contributed by atoms with E-state index in [1.165, 1.54) is 16.7 Å². The zero-order chi connectivity index (χ0) is 11.0. The van der Waals surface area contributed by atoms with Gasteiger partial charge in [-0.25, -0.2) is 0 Å². The number of nitrogens with zero attached hydrogens (tertiary/aromatic N) is 1. The summed E-state index contributed by atoms with van der Waals surface area (Å²) in [5, 5.41) is 0. The van der Waals surface area contributed by atoms with Gasteiger partial charge < -0.3 is 0 Å². The lowest BCUT2D eigenvalue weighted by atomic mass is 9.85. The molecule has 0 saturated heterocycles. The van der Waals surface area contributed by atoms with E-state index >= 15 is 0 Å². The maximum atomic E-state index is 4.68. The molecule has 0 aliphatic carbocycles. The first-order valence-electron chi connectivity index (χ1n) is 5.51. The molecule has 78 valence electrons. The lowest BCUT2D eigenvalue weighted by Gasteiger charge is -2.23. The highest BCUT2D eigenvalue weighted by molar-refractivity contribution is 5.87. The average molecular weight is 207 g/mol. The second-order valence-corrected chi connectivity index (χ2v) is 4.28. The summed E-state index contributed by atoms with van der Waals surface area (Å²) >= 11 is 0. The SMILES string of the molecule is CC1(c2ccccc2)N=Cc2ccccc21. The molecule has 0 aromatic heterocycles. The van der Waals surface area contributed by atoms with Crippen LogP contribution in [0.25, 0.3) is 0 Å². The highest BCUT2D eigenvalue weighted by Gasteiger charge is 2.32. The molecule has 0 spiro atoms. The van der Waals surface area contributed by atoms with E-state index < -0.39 is 0 Å². The highest BCUT2D eigenvalue weighted by Crippen LogP contribution is 2.38. The molecule has 2 aromatic rings. The Labute approximate surface area is 95.5 Å². The maximum Gasteiger partial charge on any atom is 0.108 e. The van der Waals surface area contributed by atoms with Gasteiger partial charge in [0.05, 0.1) is 0 Å². The van der Waals surface area contributed by atoms with Crippen LogP contribution in [0.15, 0.2) is 59.6 Å². The largest absolute Gasteiger partial charge is 0.277 e. The standard InChI is InChI=1S/C15H13N/c1-15(13-8-3-2-4-9-13)14-10-6-5-7-12(14)11-16-15/h2-11H,1H3. The van der Waals surface area contributed by atoms with Gasteiger partial charge in [-0.1, -0.05) is 54.6 Å². The lowest BCUT2D eigenvalue weighted by Crippen LogP contribution is -2.18. The minimum absolute atomic E-state index is 0.210. The van der Waals surface area contributed by atoms with E-state index in [1.54, 1.807) is 0 Å².